The second-order valence-corrected chi connectivity index (χ2v) is 4.41. The molecule has 2 aromatic carbocycles. The van der Waals surface area contributed by atoms with Crippen LogP contribution in [-0.4, -0.2) is 10.8 Å². The Morgan fingerprint density at radius 1 is 1.38 bits per heavy atom. The second-order valence-electron chi connectivity index (χ2n) is 4.00. The first-order valence-electron chi connectivity index (χ1n) is 5.65. The molecule has 108 valence electrons. The van der Waals surface area contributed by atoms with E-state index in [0.29, 0.717) is 0 Å². The number of ether oxygens (including phenoxy) is 1. The Morgan fingerprint density at radius 2 is 2.10 bits per heavy atom. The molecule has 0 spiro atoms. The maximum absolute atomic E-state index is 13.6. The van der Waals surface area contributed by atoms with Gasteiger partial charge in [0.05, 0.1) is 10.5 Å². The van der Waals surface area contributed by atoms with Crippen molar-refractivity contribution in [2.75, 3.05) is 0 Å². The van der Waals surface area contributed by atoms with Crippen LogP contribution in [0.25, 0.3) is 0 Å². The fraction of sp³-hybridized carbons (Fsp3) is 0. The maximum Gasteiger partial charge on any atom is 0.288 e. The van der Waals surface area contributed by atoms with Gasteiger partial charge in [-0.05, 0) is 18.2 Å². The van der Waals surface area contributed by atoms with Crippen molar-refractivity contribution in [3.05, 3.63) is 62.9 Å². The van der Waals surface area contributed by atoms with Crippen molar-refractivity contribution < 1.29 is 14.1 Å². The van der Waals surface area contributed by atoms with Gasteiger partial charge in [0.1, 0.15) is 28.2 Å². The molecule has 0 fully saturated rings. The molecule has 0 aromatic heterocycles. The molecule has 0 bridgehead atoms. The zero-order valence-electron chi connectivity index (χ0n) is 10.5. The number of benzene rings is 2. The van der Waals surface area contributed by atoms with Crippen LogP contribution in [0.3, 0.4) is 0 Å². The standard InChI is InChI=1S/C13H9ClFN3O3/c14-8-6-7(4-5-10(8)18(19)20)21-11-3-1-2-9(15)12(11)13(16)17/h1-6H,(H3,16,17). The summed E-state index contributed by atoms with van der Waals surface area (Å²) >= 11 is 5.76. The molecule has 6 nitrogen and oxygen atoms in total. The van der Waals surface area contributed by atoms with Crippen LogP contribution in [0.15, 0.2) is 36.4 Å². The first-order chi connectivity index (χ1) is 9.90. The largest absolute Gasteiger partial charge is 0.456 e. The van der Waals surface area contributed by atoms with Gasteiger partial charge in [0.2, 0.25) is 0 Å². The summed E-state index contributed by atoms with van der Waals surface area (Å²) in [6, 6.07) is 7.68. The summed E-state index contributed by atoms with van der Waals surface area (Å²) in [5.74, 6) is -1.00. The number of halogens is 2. The van der Waals surface area contributed by atoms with E-state index in [4.69, 9.17) is 27.5 Å². The quantitative estimate of drug-likeness (QED) is 0.390. The summed E-state index contributed by atoms with van der Waals surface area (Å²) in [5, 5.41) is 17.9. The lowest BCUT2D eigenvalue weighted by Crippen LogP contribution is -2.14. The van der Waals surface area contributed by atoms with E-state index in [1.807, 2.05) is 0 Å². The highest BCUT2D eigenvalue weighted by atomic mass is 35.5. The minimum atomic E-state index is -0.701. The SMILES string of the molecule is N=C(N)c1c(F)cccc1Oc1ccc([N+](=O)[O-])c(Cl)c1. The number of amidine groups is 1. The van der Waals surface area contributed by atoms with E-state index >= 15 is 0 Å². The predicted octanol–water partition coefficient (Wildman–Crippen LogP) is 3.46. The monoisotopic (exact) mass is 309 g/mol. The molecule has 0 radical (unpaired) electrons. The lowest BCUT2D eigenvalue weighted by atomic mass is 10.1. The van der Waals surface area contributed by atoms with Crippen molar-refractivity contribution in [2.45, 2.75) is 0 Å². The summed E-state index contributed by atoms with van der Waals surface area (Å²) in [5.41, 5.74) is 4.85. The Kier molecular flexibility index (Phi) is 4.04. The molecule has 0 amide bonds. The summed E-state index contributed by atoms with van der Waals surface area (Å²) in [7, 11) is 0. The number of hydrogen-bond acceptors (Lipinski definition) is 4. The molecule has 21 heavy (non-hydrogen) atoms. The zero-order chi connectivity index (χ0) is 15.6. The van der Waals surface area contributed by atoms with Crippen LogP contribution >= 0.6 is 11.6 Å². The van der Waals surface area contributed by atoms with E-state index in [1.165, 1.54) is 30.3 Å². The molecule has 0 heterocycles. The molecular formula is C13H9ClFN3O3. The average Bonchev–Trinajstić information content (AvgIpc) is 2.37. The van der Waals surface area contributed by atoms with Crippen LogP contribution < -0.4 is 10.5 Å². The van der Waals surface area contributed by atoms with Crippen LogP contribution in [-0.2, 0) is 0 Å². The average molecular weight is 310 g/mol. The molecule has 0 aliphatic carbocycles. The van der Waals surface area contributed by atoms with Gasteiger partial charge in [-0.2, -0.15) is 0 Å². The normalized spacial score (nSPS) is 10.2. The molecule has 2 aromatic rings. The van der Waals surface area contributed by atoms with Crippen molar-refractivity contribution in [1.82, 2.24) is 0 Å². The number of nitro groups is 1. The summed E-state index contributed by atoms with van der Waals surface area (Å²) in [6.45, 7) is 0. The van der Waals surface area contributed by atoms with E-state index in [1.54, 1.807) is 0 Å². The molecule has 0 aliphatic rings. The van der Waals surface area contributed by atoms with Crippen LogP contribution in [0.1, 0.15) is 5.56 Å². The van der Waals surface area contributed by atoms with Crippen LogP contribution in [0.2, 0.25) is 5.02 Å². The van der Waals surface area contributed by atoms with E-state index < -0.39 is 16.6 Å². The van der Waals surface area contributed by atoms with Gasteiger partial charge < -0.3 is 10.5 Å². The summed E-state index contributed by atoms with van der Waals surface area (Å²) in [4.78, 5) is 10.0. The lowest BCUT2D eigenvalue weighted by Gasteiger charge is -2.11. The molecule has 2 rings (SSSR count). The minimum Gasteiger partial charge on any atom is -0.456 e. The van der Waals surface area contributed by atoms with Gasteiger partial charge in [-0.25, -0.2) is 4.39 Å². The van der Waals surface area contributed by atoms with Crippen molar-refractivity contribution in [2.24, 2.45) is 5.73 Å². The smallest absolute Gasteiger partial charge is 0.288 e. The molecular weight excluding hydrogens is 301 g/mol. The highest BCUT2D eigenvalue weighted by molar-refractivity contribution is 6.32. The van der Waals surface area contributed by atoms with Gasteiger partial charge in [0, 0.05) is 12.1 Å². The van der Waals surface area contributed by atoms with Crippen LogP contribution in [0.5, 0.6) is 11.5 Å². The molecule has 0 saturated heterocycles. The van der Waals surface area contributed by atoms with Gasteiger partial charge in [-0.3, -0.25) is 15.5 Å². The van der Waals surface area contributed by atoms with Gasteiger partial charge in [0.15, 0.2) is 0 Å². The number of nitrogens with two attached hydrogens (primary N) is 1. The van der Waals surface area contributed by atoms with E-state index in [-0.39, 0.29) is 27.8 Å². The first-order valence-corrected chi connectivity index (χ1v) is 6.02. The second kappa shape index (κ2) is 5.76. The van der Waals surface area contributed by atoms with Crippen molar-refractivity contribution in [3.63, 3.8) is 0 Å². The fourth-order valence-electron chi connectivity index (χ4n) is 1.68. The van der Waals surface area contributed by atoms with Crippen molar-refractivity contribution in [1.29, 1.82) is 5.41 Å². The third kappa shape index (κ3) is 3.09. The summed E-state index contributed by atoms with van der Waals surface area (Å²) < 4.78 is 19.0. The van der Waals surface area contributed by atoms with Gasteiger partial charge in [-0.1, -0.05) is 17.7 Å². The third-order valence-corrected chi connectivity index (χ3v) is 2.89. The van der Waals surface area contributed by atoms with Crippen molar-refractivity contribution >= 4 is 23.1 Å². The first kappa shape index (κ1) is 14.7. The Morgan fingerprint density at radius 3 is 2.67 bits per heavy atom. The molecule has 8 heteroatoms. The highest BCUT2D eigenvalue weighted by Gasteiger charge is 2.16. The van der Waals surface area contributed by atoms with Gasteiger partial charge in [-0.15, -0.1) is 0 Å². The Hall–Kier alpha value is -2.67. The molecule has 3 N–H and O–H groups in total. The van der Waals surface area contributed by atoms with Crippen LogP contribution in [0.4, 0.5) is 10.1 Å². The number of nitrogens with one attached hydrogen (secondary N) is 1. The lowest BCUT2D eigenvalue weighted by molar-refractivity contribution is -0.384. The van der Waals surface area contributed by atoms with Gasteiger partial charge in [0.25, 0.3) is 5.69 Å². The third-order valence-electron chi connectivity index (χ3n) is 2.59. The van der Waals surface area contributed by atoms with Crippen LogP contribution in [0, 0.1) is 21.3 Å². The highest BCUT2D eigenvalue weighted by Crippen LogP contribution is 2.32. The molecule has 0 aliphatic heterocycles. The number of nitro benzene ring substituents is 1. The number of nitrogen functional groups attached to an aromatic ring is 1. The fourth-order valence-corrected chi connectivity index (χ4v) is 1.92. The summed E-state index contributed by atoms with van der Waals surface area (Å²) in [6.07, 6.45) is 0. The zero-order valence-corrected chi connectivity index (χ0v) is 11.2. The minimum absolute atomic E-state index is 0.0208. The Balaban J connectivity index is 2.39. The number of rotatable bonds is 4. The molecule has 0 saturated carbocycles. The van der Waals surface area contributed by atoms with E-state index in [0.717, 1.165) is 6.07 Å². The van der Waals surface area contributed by atoms with Crippen molar-refractivity contribution in [3.8, 4) is 11.5 Å². The molecule has 0 atom stereocenters. The number of nitrogens with zero attached hydrogens (tertiary/aromatic N) is 1. The topological polar surface area (TPSA) is 102 Å². The maximum atomic E-state index is 13.6. The molecule has 0 unspecified atom stereocenters. The number of hydrogen-bond donors (Lipinski definition) is 2. The van der Waals surface area contributed by atoms with Gasteiger partial charge >= 0.3 is 0 Å². The predicted molar refractivity (Wildman–Crippen MR) is 75.6 cm³/mol. The van der Waals surface area contributed by atoms with E-state index in [9.17, 15) is 14.5 Å². The van der Waals surface area contributed by atoms with E-state index in [2.05, 4.69) is 0 Å². The Bertz CT molecular complexity index is 737. The Labute approximate surface area is 123 Å².